The molecule has 2 aromatic rings. The Morgan fingerprint density at radius 1 is 1.24 bits per heavy atom. The number of anilines is 1. The second kappa shape index (κ2) is 5.78. The summed E-state index contributed by atoms with van der Waals surface area (Å²) in [5.41, 5.74) is -0.442. The summed E-state index contributed by atoms with van der Waals surface area (Å²) in [4.78, 5) is 13.7. The molecule has 0 aliphatic rings. The number of hydrogen-bond acceptors (Lipinski definition) is 4. The minimum absolute atomic E-state index is 0.134. The van der Waals surface area contributed by atoms with Crippen LogP contribution in [0.25, 0.3) is 0 Å². The van der Waals surface area contributed by atoms with E-state index in [2.05, 4.69) is 10.3 Å². The highest BCUT2D eigenvalue weighted by Gasteiger charge is 2.30. The second-order valence-corrected chi connectivity index (χ2v) is 4.21. The largest absolute Gasteiger partial charge is 0.416 e. The molecule has 0 aliphatic heterocycles. The highest BCUT2D eigenvalue weighted by molar-refractivity contribution is 5.41. The molecule has 1 N–H and O–H groups in total. The Kier molecular flexibility index (Phi) is 4.06. The van der Waals surface area contributed by atoms with Gasteiger partial charge in [-0.15, -0.1) is 0 Å². The number of nitrogens with zero attached hydrogens (tertiary/aromatic N) is 2. The molecule has 0 saturated carbocycles. The number of aromatic nitrogens is 1. The Labute approximate surface area is 117 Å². The molecule has 0 bridgehead atoms. The van der Waals surface area contributed by atoms with Gasteiger partial charge in [-0.25, -0.2) is 4.98 Å². The Morgan fingerprint density at radius 3 is 2.57 bits per heavy atom. The Hall–Kier alpha value is -2.64. The molecular weight excluding hydrogens is 287 g/mol. The normalized spacial score (nSPS) is 11.2. The van der Waals surface area contributed by atoms with Gasteiger partial charge in [-0.05, 0) is 23.8 Å². The van der Waals surface area contributed by atoms with E-state index in [0.717, 1.165) is 18.3 Å². The number of pyridine rings is 1. The minimum Gasteiger partial charge on any atom is -0.366 e. The molecule has 0 saturated heterocycles. The third kappa shape index (κ3) is 3.91. The lowest BCUT2D eigenvalue weighted by Crippen LogP contribution is -2.07. The summed E-state index contributed by atoms with van der Waals surface area (Å²) in [6.45, 7) is 0.134. The van der Waals surface area contributed by atoms with E-state index in [1.54, 1.807) is 6.07 Å². The topological polar surface area (TPSA) is 68.1 Å². The fraction of sp³-hybridized carbons (Fsp3) is 0.154. The van der Waals surface area contributed by atoms with Gasteiger partial charge in [0.05, 0.1) is 10.5 Å². The molecule has 0 radical (unpaired) electrons. The van der Waals surface area contributed by atoms with Crippen LogP contribution >= 0.6 is 0 Å². The summed E-state index contributed by atoms with van der Waals surface area (Å²) in [6, 6.07) is 7.57. The van der Waals surface area contributed by atoms with E-state index >= 15 is 0 Å². The van der Waals surface area contributed by atoms with Gasteiger partial charge in [-0.2, -0.15) is 13.2 Å². The molecule has 0 aliphatic carbocycles. The van der Waals surface area contributed by atoms with Crippen molar-refractivity contribution in [3.8, 4) is 0 Å². The van der Waals surface area contributed by atoms with Gasteiger partial charge < -0.3 is 5.32 Å². The maximum absolute atomic E-state index is 12.6. The molecule has 110 valence electrons. The zero-order valence-corrected chi connectivity index (χ0v) is 10.6. The summed E-state index contributed by atoms with van der Waals surface area (Å²) < 4.78 is 37.7. The van der Waals surface area contributed by atoms with E-state index in [-0.39, 0.29) is 12.2 Å². The number of benzene rings is 1. The van der Waals surface area contributed by atoms with E-state index in [9.17, 15) is 23.3 Å². The molecule has 0 fully saturated rings. The lowest BCUT2D eigenvalue weighted by Gasteiger charge is -2.09. The van der Waals surface area contributed by atoms with Crippen LogP contribution in [0.1, 0.15) is 11.1 Å². The zero-order chi connectivity index (χ0) is 15.5. The Bertz CT molecular complexity index is 642. The highest BCUT2D eigenvalue weighted by Crippen LogP contribution is 2.29. The van der Waals surface area contributed by atoms with Crippen molar-refractivity contribution in [1.82, 2.24) is 4.98 Å². The van der Waals surface area contributed by atoms with Gasteiger partial charge in [0.1, 0.15) is 12.0 Å². The average molecular weight is 297 g/mol. The maximum atomic E-state index is 12.6. The van der Waals surface area contributed by atoms with Crippen LogP contribution in [0.2, 0.25) is 0 Å². The minimum atomic E-state index is -4.39. The smallest absolute Gasteiger partial charge is 0.366 e. The van der Waals surface area contributed by atoms with Gasteiger partial charge in [0.15, 0.2) is 0 Å². The summed E-state index contributed by atoms with van der Waals surface area (Å²) in [5, 5.41) is 13.3. The molecule has 8 heteroatoms. The first-order valence-electron chi connectivity index (χ1n) is 5.87. The fourth-order valence-electron chi connectivity index (χ4n) is 1.65. The summed E-state index contributed by atoms with van der Waals surface area (Å²) >= 11 is 0. The number of nitro groups is 1. The molecule has 0 amide bonds. The van der Waals surface area contributed by atoms with E-state index in [4.69, 9.17) is 0 Å². The van der Waals surface area contributed by atoms with Crippen molar-refractivity contribution < 1.29 is 18.1 Å². The van der Waals surface area contributed by atoms with Crippen molar-refractivity contribution in [3.63, 3.8) is 0 Å². The van der Waals surface area contributed by atoms with Crippen LogP contribution in [0.3, 0.4) is 0 Å². The SMILES string of the molecule is O=[N+]([O-])c1ccc(NCc2cccc(C(F)(F)F)c2)nc1. The number of nitrogens with one attached hydrogen (secondary N) is 1. The van der Waals surface area contributed by atoms with Crippen molar-refractivity contribution in [2.75, 3.05) is 5.32 Å². The van der Waals surface area contributed by atoms with E-state index in [0.29, 0.717) is 11.4 Å². The lowest BCUT2D eigenvalue weighted by atomic mass is 10.1. The van der Waals surface area contributed by atoms with Gasteiger partial charge in [0.2, 0.25) is 0 Å². The lowest BCUT2D eigenvalue weighted by molar-refractivity contribution is -0.385. The number of hydrogen-bond donors (Lipinski definition) is 1. The van der Waals surface area contributed by atoms with Gasteiger partial charge in [0, 0.05) is 12.6 Å². The number of alkyl halides is 3. The van der Waals surface area contributed by atoms with Crippen LogP contribution in [0, 0.1) is 10.1 Å². The van der Waals surface area contributed by atoms with Crippen LogP contribution in [-0.2, 0) is 12.7 Å². The van der Waals surface area contributed by atoms with Gasteiger partial charge in [-0.3, -0.25) is 10.1 Å². The van der Waals surface area contributed by atoms with Gasteiger partial charge in [0.25, 0.3) is 5.69 Å². The molecule has 1 aromatic heterocycles. The standard InChI is InChI=1S/C13H10F3N3O2/c14-13(15,16)10-3-1-2-9(6-10)7-17-12-5-4-11(8-18-12)19(20)21/h1-6,8H,7H2,(H,17,18). The third-order valence-corrected chi connectivity index (χ3v) is 2.69. The first-order chi connectivity index (χ1) is 9.86. The van der Waals surface area contributed by atoms with Crippen LogP contribution < -0.4 is 5.32 Å². The summed E-state index contributed by atoms with van der Waals surface area (Å²) in [7, 11) is 0. The van der Waals surface area contributed by atoms with E-state index in [1.807, 2.05) is 0 Å². The summed E-state index contributed by atoms with van der Waals surface area (Å²) in [6.07, 6.45) is -3.31. The van der Waals surface area contributed by atoms with Gasteiger partial charge in [-0.1, -0.05) is 12.1 Å². The molecular formula is C13H10F3N3O2. The predicted molar refractivity (Wildman–Crippen MR) is 69.7 cm³/mol. The van der Waals surface area contributed by atoms with Crippen molar-refractivity contribution in [3.05, 3.63) is 63.8 Å². The monoisotopic (exact) mass is 297 g/mol. The quantitative estimate of drug-likeness (QED) is 0.691. The molecule has 21 heavy (non-hydrogen) atoms. The Balaban J connectivity index is 2.04. The highest BCUT2D eigenvalue weighted by atomic mass is 19.4. The van der Waals surface area contributed by atoms with Crippen LogP contribution in [-0.4, -0.2) is 9.91 Å². The average Bonchev–Trinajstić information content (AvgIpc) is 2.45. The van der Waals surface area contributed by atoms with Crippen LogP contribution in [0.15, 0.2) is 42.6 Å². The zero-order valence-electron chi connectivity index (χ0n) is 10.6. The predicted octanol–water partition coefficient (Wildman–Crippen LogP) is 3.62. The molecule has 5 nitrogen and oxygen atoms in total. The molecule has 2 rings (SSSR count). The molecule has 1 heterocycles. The van der Waals surface area contributed by atoms with Crippen molar-refractivity contribution in [1.29, 1.82) is 0 Å². The maximum Gasteiger partial charge on any atom is 0.416 e. The van der Waals surface area contributed by atoms with Crippen molar-refractivity contribution in [2.24, 2.45) is 0 Å². The van der Waals surface area contributed by atoms with E-state index in [1.165, 1.54) is 18.2 Å². The number of halogens is 3. The molecule has 0 unspecified atom stereocenters. The molecule has 1 aromatic carbocycles. The Morgan fingerprint density at radius 2 is 2.00 bits per heavy atom. The number of rotatable bonds is 4. The van der Waals surface area contributed by atoms with Crippen molar-refractivity contribution >= 4 is 11.5 Å². The van der Waals surface area contributed by atoms with Crippen molar-refractivity contribution in [2.45, 2.75) is 12.7 Å². The first-order valence-corrected chi connectivity index (χ1v) is 5.87. The second-order valence-electron chi connectivity index (χ2n) is 4.21. The fourth-order valence-corrected chi connectivity index (χ4v) is 1.65. The van der Waals surface area contributed by atoms with Gasteiger partial charge >= 0.3 is 6.18 Å². The van der Waals surface area contributed by atoms with Crippen LogP contribution in [0.5, 0.6) is 0 Å². The van der Waals surface area contributed by atoms with Crippen LogP contribution in [0.4, 0.5) is 24.7 Å². The molecule has 0 spiro atoms. The molecule has 0 atom stereocenters. The third-order valence-electron chi connectivity index (χ3n) is 2.69. The summed E-state index contributed by atoms with van der Waals surface area (Å²) in [5.74, 6) is 0.345. The first kappa shape index (κ1) is 14.8. The van der Waals surface area contributed by atoms with E-state index < -0.39 is 16.7 Å².